The lowest BCUT2D eigenvalue weighted by atomic mass is 9.87. The number of pyridine rings is 1. The van der Waals surface area contributed by atoms with Gasteiger partial charge in [0.15, 0.2) is 0 Å². The van der Waals surface area contributed by atoms with Crippen molar-refractivity contribution in [3.05, 3.63) is 60.4 Å². The van der Waals surface area contributed by atoms with Crippen LogP contribution in [0.25, 0.3) is 0 Å². The summed E-state index contributed by atoms with van der Waals surface area (Å²) in [6, 6.07) is 13.4. The number of piperidine rings is 1. The van der Waals surface area contributed by atoms with E-state index in [1.54, 1.807) is 24.5 Å². The predicted octanol–water partition coefficient (Wildman–Crippen LogP) is 2.47. The molecule has 0 bridgehead atoms. The number of likely N-dealkylation sites (tertiary alicyclic amines) is 1. The molecule has 1 fully saturated rings. The van der Waals surface area contributed by atoms with Crippen LogP contribution in [-0.2, 0) is 4.79 Å². The van der Waals surface area contributed by atoms with Crippen LogP contribution in [0.15, 0.2) is 54.9 Å². The Morgan fingerprint density at radius 1 is 1.17 bits per heavy atom. The number of rotatable bonds is 5. The summed E-state index contributed by atoms with van der Waals surface area (Å²) in [4.78, 5) is 18.2. The number of benzene rings is 1. The maximum atomic E-state index is 12.1. The van der Waals surface area contributed by atoms with Crippen molar-refractivity contribution in [2.24, 2.45) is 5.92 Å². The summed E-state index contributed by atoms with van der Waals surface area (Å²) in [7, 11) is 0. The Labute approximate surface area is 142 Å². The van der Waals surface area contributed by atoms with Crippen LogP contribution in [0.1, 0.15) is 24.5 Å². The van der Waals surface area contributed by atoms with E-state index >= 15 is 0 Å². The van der Waals surface area contributed by atoms with Gasteiger partial charge in [0.05, 0.1) is 12.6 Å². The standard InChI is InChI=1S/C19H23N3O2/c23-18(21-17-6-10-20-11-7-17)14-22-12-8-16(9-13-22)19(24)15-4-2-1-3-5-15/h1-7,10-11,16,19,24H,8-9,12-14H2,(H,20,21,23). The molecule has 24 heavy (non-hydrogen) atoms. The van der Waals surface area contributed by atoms with Gasteiger partial charge >= 0.3 is 0 Å². The molecule has 0 spiro atoms. The number of nitrogens with one attached hydrogen (secondary N) is 1. The fourth-order valence-electron chi connectivity index (χ4n) is 3.19. The molecule has 3 rings (SSSR count). The van der Waals surface area contributed by atoms with Gasteiger partial charge in [-0.3, -0.25) is 14.7 Å². The highest BCUT2D eigenvalue weighted by molar-refractivity contribution is 5.92. The number of hydrogen-bond donors (Lipinski definition) is 2. The summed E-state index contributed by atoms with van der Waals surface area (Å²) >= 11 is 0. The maximum absolute atomic E-state index is 12.1. The zero-order chi connectivity index (χ0) is 16.8. The van der Waals surface area contributed by atoms with Crippen LogP contribution < -0.4 is 5.32 Å². The van der Waals surface area contributed by atoms with Crippen molar-refractivity contribution >= 4 is 11.6 Å². The van der Waals surface area contributed by atoms with Crippen molar-refractivity contribution in [3.63, 3.8) is 0 Å². The van der Waals surface area contributed by atoms with Crippen LogP contribution in [0.5, 0.6) is 0 Å². The number of aromatic nitrogens is 1. The van der Waals surface area contributed by atoms with Gasteiger partial charge in [0, 0.05) is 18.1 Å². The highest BCUT2D eigenvalue weighted by atomic mass is 16.3. The Hall–Kier alpha value is -2.24. The van der Waals surface area contributed by atoms with Gasteiger partial charge in [-0.15, -0.1) is 0 Å². The first-order valence-electron chi connectivity index (χ1n) is 8.37. The van der Waals surface area contributed by atoms with Crippen molar-refractivity contribution < 1.29 is 9.90 Å². The van der Waals surface area contributed by atoms with Gasteiger partial charge in [-0.05, 0) is 49.5 Å². The summed E-state index contributed by atoms with van der Waals surface area (Å²) in [5.74, 6) is 0.246. The van der Waals surface area contributed by atoms with Gasteiger partial charge in [-0.25, -0.2) is 0 Å². The van der Waals surface area contributed by atoms with E-state index in [1.807, 2.05) is 30.3 Å². The van der Waals surface area contributed by atoms with E-state index in [1.165, 1.54) is 0 Å². The van der Waals surface area contributed by atoms with Gasteiger partial charge in [0.1, 0.15) is 0 Å². The van der Waals surface area contributed by atoms with Crippen LogP contribution in [0.4, 0.5) is 5.69 Å². The topological polar surface area (TPSA) is 65.5 Å². The van der Waals surface area contributed by atoms with Crippen molar-refractivity contribution in [3.8, 4) is 0 Å². The molecule has 1 aliphatic heterocycles. The Bertz CT molecular complexity index is 640. The molecule has 0 aliphatic carbocycles. The monoisotopic (exact) mass is 325 g/mol. The lowest BCUT2D eigenvalue weighted by Crippen LogP contribution is -2.40. The highest BCUT2D eigenvalue weighted by Crippen LogP contribution is 2.30. The van der Waals surface area contributed by atoms with Crippen molar-refractivity contribution in [2.75, 3.05) is 25.0 Å². The Morgan fingerprint density at radius 3 is 2.50 bits per heavy atom. The molecule has 0 saturated carbocycles. The first kappa shape index (κ1) is 16.6. The fraction of sp³-hybridized carbons (Fsp3) is 0.368. The van der Waals surface area contributed by atoms with Crippen LogP contribution in [0.2, 0.25) is 0 Å². The molecule has 1 amide bonds. The van der Waals surface area contributed by atoms with E-state index in [4.69, 9.17) is 0 Å². The minimum atomic E-state index is -0.418. The molecule has 1 atom stereocenters. The third-order valence-electron chi connectivity index (χ3n) is 4.55. The largest absolute Gasteiger partial charge is 0.388 e. The van der Waals surface area contributed by atoms with Crippen molar-refractivity contribution in [2.45, 2.75) is 18.9 Å². The van der Waals surface area contributed by atoms with E-state index < -0.39 is 6.10 Å². The maximum Gasteiger partial charge on any atom is 0.238 e. The summed E-state index contributed by atoms with van der Waals surface area (Å²) < 4.78 is 0. The van der Waals surface area contributed by atoms with E-state index in [-0.39, 0.29) is 11.8 Å². The van der Waals surface area contributed by atoms with E-state index in [2.05, 4.69) is 15.2 Å². The molecule has 1 unspecified atom stereocenters. The third kappa shape index (κ3) is 4.40. The molecular formula is C19H23N3O2. The zero-order valence-electron chi connectivity index (χ0n) is 13.6. The molecule has 5 nitrogen and oxygen atoms in total. The van der Waals surface area contributed by atoms with Gasteiger partial charge < -0.3 is 10.4 Å². The normalized spacial score (nSPS) is 17.4. The minimum absolute atomic E-state index is 0.0109. The number of aliphatic hydroxyl groups is 1. The Balaban J connectivity index is 1.46. The number of aliphatic hydroxyl groups excluding tert-OH is 1. The predicted molar refractivity (Wildman–Crippen MR) is 93.4 cm³/mol. The third-order valence-corrected chi connectivity index (χ3v) is 4.55. The number of anilines is 1. The van der Waals surface area contributed by atoms with Crippen LogP contribution in [0, 0.1) is 5.92 Å². The number of carbonyl (C=O) groups excluding carboxylic acids is 1. The lowest BCUT2D eigenvalue weighted by Gasteiger charge is -2.34. The van der Waals surface area contributed by atoms with E-state index in [0.29, 0.717) is 6.54 Å². The van der Waals surface area contributed by atoms with Gasteiger partial charge in [0.2, 0.25) is 5.91 Å². The fourth-order valence-corrected chi connectivity index (χ4v) is 3.19. The zero-order valence-corrected chi connectivity index (χ0v) is 13.6. The minimum Gasteiger partial charge on any atom is -0.388 e. The summed E-state index contributed by atoms with van der Waals surface area (Å²) in [6.45, 7) is 2.05. The highest BCUT2D eigenvalue weighted by Gasteiger charge is 2.26. The molecule has 126 valence electrons. The molecule has 0 radical (unpaired) electrons. The number of hydrogen-bond acceptors (Lipinski definition) is 4. The lowest BCUT2D eigenvalue weighted by molar-refractivity contribution is -0.117. The average molecular weight is 325 g/mol. The molecule has 1 saturated heterocycles. The first-order valence-corrected chi connectivity index (χ1v) is 8.37. The van der Waals surface area contributed by atoms with Gasteiger partial charge in [-0.1, -0.05) is 30.3 Å². The average Bonchev–Trinajstić information content (AvgIpc) is 2.63. The molecule has 1 aromatic heterocycles. The van der Waals surface area contributed by atoms with Crippen molar-refractivity contribution in [1.82, 2.24) is 9.88 Å². The van der Waals surface area contributed by atoms with E-state index in [0.717, 1.165) is 37.2 Å². The molecule has 2 heterocycles. The molecule has 1 aliphatic rings. The molecule has 2 aromatic rings. The molecule has 2 N–H and O–H groups in total. The molecule has 1 aromatic carbocycles. The second kappa shape index (κ2) is 8.04. The summed E-state index contributed by atoms with van der Waals surface area (Å²) in [5.41, 5.74) is 1.75. The summed E-state index contributed by atoms with van der Waals surface area (Å²) in [5, 5.41) is 13.4. The van der Waals surface area contributed by atoms with Gasteiger partial charge in [0.25, 0.3) is 0 Å². The van der Waals surface area contributed by atoms with Crippen molar-refractivity contribution in [1.29, 1.82) is 0 Å². The summed E-state index contributed by atoms with van der Waals surface area (Å²) in [6.07, 6.45) is 4.70. The second-order valence-electron chi connectivity index (χ2n) is 6.25. The Kier molecular flexibility index (Phi) is 5.56. The molecular weight excluding hydrogens is 302 g/mol. The van der Waals surface area contributed by atoms with Crippen LogP contribution >= 0.6 is 0 Å². The van der Waals surface area contributed by atoms with Gasteiger partial charge in [-0.2, -0.15) is 0 Å². The SMILES string of the molecule is O=C(CN1CCC(C(O)c2ccccc2)CC1)Nc1ccncc1. The van der Waals surface area contributed by atoms with E-state index in [9.17, 15) is 9.90 Å². The van der Waals surface area contributed by atoms with Crippen LogP contribution in [0.3, 0.4) is 0 Å². The number of carbonyl (C=O) groups is 1. The molecule has 5 heteroatoms. The number of nitrogens with zero attached hydrogens (tertiary/aromatic N) is 2. The first-order chi connectivity index (χ1) is 11.7. The van der Waals surface area contributed by atoms with Crippen LogP contribution in [-0.4, -0.2) is 40.5 Å². The Morgan fingerprint density at radius 2 is 1.83 bits per heavy atom. The quantitative estimate of drug-likeness (QED) is 0.886. The smallest absolute Gasteiger partial charge is 0.238 e. The second-order valence-corrected chi connectivity index (χ2v) is 6.25. The number of amides is 1.